The van der Waals surface area contributed by atoms with Crippen LogP contribution in [-0.4, -0.2) is 86.6 Å². The molecular formula is C39H35Cl2N7O9S2. The van der Waals surface area contributed by atoms with Gasteiger partial charge in [0.05, 0.1) is 85.6 Å². The van der Waals surface area contributed by atoms with Crippen LogP contribution >= 0.6 is 23.2 Å². The minimum absolute atomic E-state index is 0.00217. The zero-order valence-electron chi connectivity index (χ0n) is 31.3. The van der Waals surface area contributed by atoms with E-state index in [2.05, 4.69) is 24.5 Å². The topological polar surface area (TPSA) is 193 Å². The van der Waals surface area contributed by atoms with E-state index >= 15 is 0 Å². The summed E-state index contributed by atoms with van der Waals surface area (Å²) in [5.41, 5.74) is 2.65. The number of ether oxygens (including phenoxy) is 3. The number of likely N-dealkylation sites (tertiary alicyclic amines) is 1. The molecule has 0 radical (unpaired) electrons. The lowest BCUT2D eigenvalue weighted by atomic mass is 10.1. The summed E-state index contributed by atoms with van der Waals surface area (Å²) in [5, 5.41) is 9.34. The van der Waals surface area contributed by atoms with Crippen molar-refractivity contribution in [2.24, 2.45) is 0 Å². The maximum atomic E-state index is 13.3. The van der Waals surface area contributed by atoms with E-state index in [1.807, 2.05) is 0 Å². The SMILES string of the molecule is COC(=O)c1cc(COC2CN(Cc3ccc(NS(=O)(=O)c4cnn(-c5ccc(Cl)cc5)c4)c(C(=O)OC)c3)C2)ccc1NS(=O)(=O)c1cnn(-c2ccc(Cl)cc2)c1. The number of rotatable bonds is 15. The zero-order chi connectivity index (χ0) is 41.9. The molecule has 7 rings (SSSR count). The molecule has 4 aromatic carbocycles. The standard InChI is InChI=1S/C39H35Cl2N7O9S2/c1-55-38(49)34-15-25(3-13-36(34)44-58(51,52)32-17-42-47(22-32)29-9-5-27(40)6-10-29)19-46-20-31(21-46)57-24-26-4-14-37(35(16-26)39(50)56-2)45-59(53,54)33-18-43-48(23-33)30-11-7-28(41)8-12-30/h3-18,22-23,31,44-45H,19-21,24H2,1-2H3. The summed E-state index contributed by atoms with van der Waals surface area (Å²) < 4.78 is 76.9. The van der Waals surface area contributed by atoms with Crippen molar-refractivity contribution >= 4 is 66.6 Å². The molecule has 0 unspecified atom stereocenters. The van der Waals surface area contributed by atoms with E-state index in [0.717, 1.165) is 5.56 Å². The number of hydrogen-bond donors (Lipinski definition) is 2. The number of benzene rings is 4. The second-order valence-corrected chi connectivity index (χ2v) is 17.5. The Bertz CT molecular complexity index is 2740. The minimum atomic E-state index is -4.14. The molecule has 0 atom stereocenters. The van der Waals surface area contributed by atoms with Gasteiger partial charge in [0.1, 0.15) is 9.79 Å². The molecule has 3 heterocycles. The molecule has 1 fully saturated rings. The molecular weight excluding hydrogens is 846 g/mol. The van der Waals surface area contributed by atoms with Crippen LogP contribution in [0.5, 0.6) is 0 Å². The number of nitrogens with one attached hydrogen (secondary N) is 2. The Hall–Kier alpha value is -5.76. The highest BCUT2D eigenvalue weighted by atomic mass is 35.5. The van der Waals surface area contributed by atoms with Gasteiger partial charge in [-0.25, -0.2) is 35.8 Å². The van der Waals surface area contributed by atoms with Crippen molar-refractivity contribution < 1.29 is 40.6 Å². The normalized spacial score (nSPS) is 13.4. The maximum absolute atomic E-state index is 13.3. The van der Waals surface area contributed by atoms with Crippen molar-refractivity contribution in [3.63, 3.8) is 0 Å². The second kappa shape index (κ2) is 17.2. The van der Waals surface area contributed by atoms with E-state index in [4.69, 9.17) is 37.4 Å². The molecule has 0 aliphatic carbocycles. The Kier molecular flexibility index (Phi) is 12.1. The predicted molar refractivity (Wildman–Crippen MR) is 218 cm³/mol. The van der Waals surface area contributed by atoms with Crippen molar-refractivity contribution in [2.45, 2.75) is 29.0 Å². The molecule has 0 spiro atoms. The number of aromatic nitrogens is 4. The maximum Gasteiger partial charge on any atom is 0.340 e. The van der Waals surface area contributed by atoms with Gasteiger partial charge in [-0.05, 0) is 83.9 Å². The minimum Gasteiger partial charge on any atom is -0.465 e. The van der Waals surface area contributed by atoms with Crippen LogP contribution in [0.2, 0.25) is 10.0 Å². The molecule has 1 saturated heterocycles. The summed E-state index contributed by atoms with van der Waals surface area (Å²) in [6, 6.07) is 22.8. The van der Waals surface area contributed by atoms with Crippen molar-refractivity contribution in [1.29, 1.82) is 0 Å². The third-order valence-corrected chi connectivity index (χ3v) is 12.3. The number of anilines is 2. The van der Waals surface area contributed by atoms with Gasteiger partial charge < -0.3 is 14.2 Å². The van der Waals surface area contributed by atoms with E-state index < -0.39 is 32.0 Å². The third kappa shape index (κ3) is 9.59. The first-order valence-corrected chi connectivity index (χ1v) is 21.4. The van der Waals surface area contributed by atoms with Crippen LogP contribution in [0, 0.1) is 0 Å². The monoisotopic (exact) mass is 879 g/mol. The predicted octanol–water partition coefficient (Wildman–Crippen LogP) is 5.94. The summed E-state index contributed by atoms with van der Waals surface area (Å²) in [5.74, 6) is -1.46. The van der Waals surface area contributed by atoms with Gasteiger partial charge in [-0.1, -0.05) is 35.3 Å². The van der Waals surface area contributed by atoms with Crippen LogP contribution in [-0.2, 0) is 47.4 Å². The first kappa shape index (κ1) is 41.4. The molecule has 0 saturated carbocycles. The van der Waals surface area contributed by atoms with E-state index in [1.54, 1.807) is 66.7 Å². The average molecular weight is 881 g/mol. The Morgan fingerprint density at radius 1 is 0.678 bits per heavy atom. The number of methoxy groups -OCH3 is 2. The lowest BCUT2D eigenvalue weighted by molar-refractivity contribution is -0.0658. The molecule has 1 aliphatic heterocycles. The quantitative estimate of drug-likeness (QED) is 0.116. The van der Waals surface area contributed by atoms with Gasteiger partial charge >= 0.3 is 11.9 Å². The Balaban J connectivity index is 0.955. The number of sulfonamides is 2. The van der Waals surface area contributed by atoms with Gasteiger partial charge in [0, 0.05) is 29.7 Å². The summed E-state index contributed by atoms with van der Waals surface area (Å²) in [6.07, 6.45) is 4.92. The third-order valence-electron chi connectivity index (χ3n) is 9.20. The highest BCUT2D eigenvalue weighted by Crippen LogP contribution is 2.27. The molecule has 16 nitrogen and oxygen atoms in total. The van der Waals surface area contributed by atoms with Gasteiger partial charge in [-0.15, -0.1) is 0 Å². The molecule has 20 heteroatoms. The van der Waals surface area contributed by atoms with Gasteiger partial charge in [0.25, 0.3) is 20.0 Å². The summed E-state index contributed by atoms with van der Waals surface area (Å²) >= 11 is 11.9. The largest absolute Gasteiger partial charge is 0.465 e. The Morgan fingerprint density at radius 2 is 1.12 bits per heavy atom. The van der Waals surface area contributed by atoms with E-state index in [0.29, 0.717) is 46.6 Å². The number of hydrogen-bond acceptors (Lipinski definition) is 12. The fraction of sp³-hybridized carbons (Fsp3) is 0.179. The van der Waals surface area contributed by atoms with Gasteiger partial charge in [-0.2, -0.15) is 10.2 Å². The Labute approximate surface area is 349 Å². The number of carbonyl (C=O) groups excluding carboxylic acids is 2. The molecule has 59 heavy (non-hydrogen) atoms. The molecule has 306 valence electrons. The van der Waals surface area contributed by atoms with Gasteiger partial charge in [0.15, 0.2) is 0 Å². The molecule has 0 bridgehead atoms. The van der Waals surface area contributed by atoms with E-state index in [-0.39, 0.29) is 45.0 Å². The molecule has 2 N–H and O–H groups in total. The highest BCUT2D eigenvalue weighted by Gasteiger charge is 2.29. The highest BCUT2D eigenvalue weighted by molar-refractivity contribution is 7.93. The zero-order valence-corrected chi connectivity index (χ0v) is 34.4. The van der Waals surface area contributed by atoms with Crippen LogP contribution in [0.25, 0.3) is 11.4 Å². The molecule has 1 aliphatic rings. The summed E-state index contributed by atoms with van der Waals surface area (Å²) in [4.78, 5) is 27.4. The first-order valence-electron chi connectivity index (χ1n) is 17.6. The lowest BCUT2D eigenvalue weighted by Crippen LogP contribution is -2.51. The van der Waals surface area contributed by atoms with Crippen molar-refractivity contribution in [2.75, 3.05) is 36.8 Å². The van der Waals surface area contributed by atoms with Gasteiger partial charge in [0.2, 0.25) is 0 Å². The van der Waals surface area contributed by atoms with Crippen LogP contribution in [0.4, 0.5) is 11.4 Å². The van der Waals surface area contributed by atoms with Crippen LogP contribution < -0.4 is 9.44 Å². The number of halogens is 2. The smallest absolute Gasteiger partial charge is 0.340 e. The summed E-state index contributed by atoms with van der Waals surface area (Å²) in [6.45, 7) is 1.66. The van der Waals surface area contributed by atoms with Crippen molar-refractivity contribution in [1.82, 2.24) is 24.5 Å². The van der Waals surface area contributed by atoms with E-state index in [9.17, 15) is 26.4 Å². The van der Waals surface area contributed by atoms with E-state index in [1.165, 1.54) is 66.6 Å². The van der Waals surface area contributed by atoms with Crippen LogP contribution in [0.3, 0.4) is 0 Å². The first-order chi connectivity index (χ1) is 28.2. The van der Waals surface area contributed by atoms with Crippen LogP contribution in [0.15, 0.2) is 120 Å². The Morgan fingerprint density at radius 3 is 1.58 bits per heavy atom. The van der Waals surface area contributed by atoms with Crippen molar-refractivity contribution in [3.05, 3.63) is 142 Å². The fourth-order valence-electron chi connectivity index (χ4n) is 6.10. The van der Waals surface area contributed by atoms with Crippen LogP contribution in [0.1, 0.15) is 31.8 Å². The lowest BCUT2D eigenvalue weighted by Gasteiger charge is -2.39. The average Bonchev–Trinajstić information content (AvgIpc) is 3.92. The summed E-state index contributed by atoms with van der Waals surface area (Å²) in [7, 11) is -5.87. The number of carbonyl (C=O) groups is 2. The molecule has 2 aromatic heterocycles. The number of esters is 2. The number of nitrogens with zero attached hydrogens (tertiary/aromatic N) is 5. The van der Waals surface area contributed by atoms with Crippen molar-refractivity contribution in [3.8, 4) is 11.4 Å². The molecule has 0 amide bonds. The fourth-order valence-corrected chi connectivity index (χ4v) is 8.38. The van der Waals surface area contributed by atoms with Gasteiger partial charge in [-0.3, -0.25) is 14.3 Å². The molecule has 6 aromatic rings. The second-order valence-electron chi connectivity index (χ2n) is 13.3.